The number of carbonyl (C=O) groups is 2. The van der Waals surface area contributed by atoms with Gasteiger partial charge in [-0.05, 0) is 44.4 Å². The summed E-state index contributed by atoms with van der Waals surface area (Å²) < 4.78 is 5.99. The summed E-state index contributed by atoms with van der Waals surface area (Å²) in [5, 5.41) is 9.31. The second-order valence-electron chi connectivity index (χ2n) is 5.46. The van der Waals surface area contributed by atoms with Crippen molar-refractivity contribution in [3.63, 3.8) is 0 Å². The smallest absolute Gasteiger partial charge is 0.326 e. The molecule has 1 aromatic carbocycles. The van der Waals surface area contributed by atoms with Crippen LogP contribution in [-0.2, 0) is 9.59 Å². The van der Waals surface area contributed by atoms with Gasteiger partial charge in [0.05, 0.1) is 5.69 Å². The van der Waals surface area contributed by atoms with Gasteiger partial charge in [-0.15, -0.1) is 0 Å². The van der Waals surface area contributed by atoms with Crippen LogP contribution in [0, 0.1) is 6.92 Å². The Balaban J connectivity index is 2.62. The molecule has 1 amide bonds. The molecule has 1 aromatic rings. The third kappa shape index (κ3) is 2.37. The van der Waals surface area contributed by atoms with Gasteiger partial charge in [-0.3, -0.25) is 9.69 Å². The van der Waals surface area contributed by atoms with Gasteiger partial charge in [0.1, 0.15) is 11.8 Å². The average molecular weight is 291 g/mol. The van der Waals surface area contributed by atoms with Crippen LogP contribution in [0.3, 0.4) is 0 Å². The number of benzene rings is 1. The lowest BCUT2D eigenvalue weighted by Crippen LogP contribution is -2.59. The second kappa shape index (κ2) is 5.39. The molecule has 0 saturated carbocycles. The molecule has 1 heterocycles. The number of hydrogen-bond donors (Lipinski definition) is 1. The number of amides is 1. The van der Waals surface area contributed by atoms with Gasteiger partial charge >= 0.3 is 5.97 Å². The molecular formula is C16H21NO4. The van der Waals surface area contributed by atoms with Gasteiger partial charge in [0.15, 0.2) is 5.60 Å². The van der Waals surface area contributed by atoms with Crippen molar-refractivity contribution in [2.45, 2.75) is 52.2 Å². The number of carboxylic acid groups (broad SMARTS) is 1. The van der Waals surface area contributed by atoms with E-state index in [2.05, 4.69) is 0 Å². The van der Waals surface area contributed by atoms with E-state index < -0.39 is 17.6 Å². The van der Waals surface area contributed by atoms with Crippen LogP contribution in [0.15, 0.2) is 18.2 Å². The Kier molecular flexibility index (Phi) is 3.94. The van der Waals surface area contributed by atoms with Crippen molar-refractivity contribution in [2.75, 3.05) is 4.90 Å². The van der Waals surface area contributed by atoms with Crippen LogP contribution in [0.25, 0.3) is 0 Å². The molecule has 0 bridgehead atoms. The molecule has 1 aliphatic heterocycles. The summed E-state index contributed by atoms with van der Waals surface area (Å²) in [7, 11) is 0. The fourth-order valence-electron chi connectivity index (χ4n) is 2.68. The standard InChI is InChI=1S/C16H21NO4/c1-5-16(6-2)15(20)17(11(4)14(18)19)12-8-7-10(3)9-13(12)21-16/h7-9,11H,5-6H2,1-4H3,(H,18,19). The number of fused-ring (bicyclic) bond motifs is 1. The molecule has 0 aliphatic carbocycles. The Morgan fingerprint density at radius 1 is 1.38 bits per heavy atom. The number of hydrogen-bond acceptors (Lipinski definition) is 3. The highest BCUT2D eigenvalue weighted by atomic mass is 16.5. The lowest BCUT2D eigenvalue weighted by Gasteiger charge is -2.43. The first kappa shape index (κ1) is 15.4. The normalized spacial score (nSPS) is 17.9. The molecule has 1 unspecified atom stereocenters. The molecular weight excluding hydrogens is 270 g/mol. The fraction of sp³-hybridized carbons (Fsp3) is 0.500. The van der Waals surface area contributed by atoms with Crippen LogP contribution >= 0.6 is 0 Å². The summed E-state index contributed by atoms with van der Waals surface area (Å²) in [6.45, 7) is 7.22. The molecule has 5 nitrogen and oxygen atoms in total. The highest BCUT2D eigenvalue weighted by Gasteiger charge is 2.48. The van der Waals surface area contributed by atoms with Crippen molar-refractivity contribution in [3.8, 4) is 5.75 Å². The summed E-state index contributed by atoms with van der Waals surface area (Å²) in [4.78, 5) is 25.6. The summed E-state index contributed by atoms with van der Waals surface area (Å²) in [6.07, 6.45) is 0.997. The quantitative estimate of drug-likeness (QED) is 0.926. The van der Waals surface area contributed by atoms with Gasteiger partial charge in [0.25, 0.3) is 5.91 Å². The van der Waals surface area contributed by atoms with E-state index in [0.717, 1.165) is 5.56 Å². The van der Waals surface area contributed by atoms with E-state index in [1.165, 1.54) is 11.8 Å². The maximum absolute atomic E-state index is 12.8. The van der Waals surface area contributed by atoms with Crippen LogP contribution < -0.4 is 9.64 Å². The zero-order valence-electron chi connectivity index (χ0n) is 12.8. The second-order valence-corrected chi connectivity index (χ2v) is 5.46. The largest absolute Gasteiger partial charge is 0.480 e. The van der Waals surface area contributed by atoms with Crippen LogP contribution in [0.4, 0.5) is 5.69 Å². The molecule has 1 N–H and O–H groups in total. The summed E-state index contributed by atoms with van der Waals surface area (Å²) >= 11 is 0. The van der Waals surface area contributed by atoms with Crippen LogP contribution in [0.2, 0.25) is 0 Å². The van der Waals surface area contributed by atoms with E-state index in [1.807, 2.05) is 32.9 Å². The highest BCUT2D eigenvalue weighted by Crippen LogP contribution is 2.42. The van der Waals surface area contributed by atoms with Crippen LogP contribution in [0.5, 0.6) is 5.75 Å². The molecule has 0 aromatic heterocycles. The molecule has 5 heteroatoms. The SMILES string of the molecule is CCC1(CC)Oc2cc(C)ccc2N(C(C)C(=O)O)C1=O. The average Bonchev–Trinajstić information content (AvgIpc) is 2.46. The van der Waals surface area contributed by atoms with Gasteiger partial charge < -0.3 is 9.84 Å². The van der Waals surface area contributed by atoms with Crippen molar-refractivity contribution in [1.29, 1.82) is 0 Å². The number of carbonyl (C=O) groups excluding carboxylic acids is 1. The first-order chi connectivity index (χ1) is 9.86. The molecule has 0 fully saturated rings. The Labute approximate surface area is 124 Å². The summed E-state index contributed by atoms with van der Waals surface area (Å²) in [6, 6.07) is 4.52. The van der Waals surface area contributed by atoms with Gasteiger partial charge in [-0.1, -0.05) is 19.9 Å². The molecule has 21 heavy (non-hydrogen) atoms. The number of ether oxygens (including phenoxy) is 1. The predicted octanol–water partition coefficient (Wildman–Crippen LogP) is 2.75. The monoisotopic (exact) mass is 291 g/mol. The number of nitrogens with zero attached hydrogens (tertiary/aromatic N) is 1. The van der Waals surface area contributed by atoms with Crippen LogP contribution in [-0.4, -0.2) is 28.6 Å². The minimum atomic E-state index is -1.03. The van der Waals surface area contributed by atoms with Crippen LogP contribution in [0.1, 0.15) is 39.2 Å². The molecule has 1 atom stereocenters. The summed E-state index contributed by atoms with van der Waals surface area (Å²) in [5.74, 6) is -0.733. The Morgan fingerprint density at radius 3 is 2.52 bits per heavy atom. The number of aliphatic carboxylic acids is 1. The van der Waals surface area contributed by atoms with Crippen molar-refractivity contribution in [2.24, 2.45) is 0 Å². The van der Waals surface area contributed by atoms with E-state index in [0.29, 0.717) is 24.3 Å². The van der Waals surface area contributed by atoms with E-state index in [-0.39, 0.29) is 5.91 Å². The molecule has 2 rings (SSSR count). The molecule has 0 radical (unpaired) electrons. The van der Waals surface area contributed by atoms with Gasteiger partial charge in [-0.2, -0.15) is 0 Å². The summed E-state index contributed by atoms with van der Waals surface area (Å²) in [5.41, 5.74) is 0.551. The van der Waals surface area contributed by atoms with E-state index >= 15 is 0 Å². The third-order valence-electron chi connectivity index (χ3n) is 4.18. The highest BCUT2D eigenvalue weighted by molar-refractivity contribution is 6.06. The topological polar surface area (TPSA) is 66.8 Å². The van der Waals surface area contributed by atoms with E-state index in [9.17, 15) is 14.7 Å². The van der Waals surface area contributed by atoms with Crippen molar-refractivity contribution in [1.82, 2.24) is 0 Å². The third-order valence-corrected chi connectivity index (χ3v) is 4.18. The molecule has 114 valence electrons. The van der Waals surface area contributed by atoms with Gasteiger partial charge in [-0.25, -0.2) is 4.79 Å². The van der Waals surface area contributed by atoms with Crippen molar-refractivity contribution >= 4 is 17.6 Å². The van der Waals surface area contributed by atoms with Gasteiger partial charge in [0.2, 0.25) is 0 Å². The number of aryl methyl sites for hydroxylation is 1. The first-order valence-corrected chi connectivity index (χ1v) is 7.22. The lowest BCUT2D eigenvalue weighted by atomic mass is 9.91. The van der Waals surface area contributed by atoms with E-state index in [4.69, 9.17) is 4.74 Å². The van der Waals surface area contributed by atoms with Gasteiger partial charge in [0, 0.05) is 0 Å². The van der Waals surface area contributed by atoms with E-state index in [1.54, 1.807) is 6.07 Å². The minimum absolute atomic E-state index is 0.279. The molecule has 0 spiro atoms. The Hall–Kier alpha value is -2.04. The molecule has 1 aliphatic rings. The van der Waals surface area contributed by atoms with Crippen molar-refractivity contribution in [3.05, 3.63) is 23.8 Å². The minimum Gasteiger partial charge on any atom is -0.480 e. The number of anilines is 1. The lowest BCUT2D eigenvalue weighted by molar-refractivity contribution is -0.144. The van der Waals surface area contributed by atoms with Crippen molar-refractivity contribution < 1.29 is 19.4 Å². The maximum atomic E-state index is 12.8. The molecule has 0 saturated heterocycles. The maximum Gasteiger partial charge on any atom is 0.326 e. The predicted molar refractivity (Wildman–Crippen MR) is 79.7 cm³/mol. The number of carboxylic acids is 1. The Morgan fingerprint density at radius 2 is 2.00 bits per heavy atom. The zero-order valence-corrected chi connectivity index (χ0v) is 12.8. The fourth-order valence-corrected chi connectivity index (χ4v) is 2.68. The Bertz CT molecular complexity index is 578. The zero-order chi connectivity index (χ0) is 15.8. The number of rotatable bonds is 4. The first-order valence-electron chi connectivity index (χ1n) is 7.22.